The second-order valence-corrected chi connectivity index (χ2v) is 10.6. The minimum atomic E-state index is -3.54. The second-order valence-electron chi connectivity index (χ2n) is 7.76. The second kappa shape index (κ2) is 11.3. The molecule has 1 amide bonds. The number of halogens is 1. The molecule has 1 aliphatic heterocycles. The lowest BCUT2D eigenvalue weighted by molar-refractivity contribution is -0.117. The van der Waals surface area contributed by atoms with E-state index < -0.39 is 10.0 Å². The van der Waals surface area contributed by atoms with Crippen LogP contribution in [0.4, 0.5) is 11.4 Å². The highest BCUT2D eigenvalue weighted by Crippen LogP contribution is 2.21. The van der Waals surface area contributed by atoms with E-state index in [1.807, 2.05) is 29.2 Å². The molecule has 0 aromatic heterocycles. The molecule has 9 heteroatoms. The number of nitrogens with one attached hydrogen (secondary N) is 1. The molecule has 174 valence electrons. The molecule has 7 nitrogen and oxygen atoms in total. The Hall–Kier alpha value is -1.94. The Morgan fingerprint density at radius 1 is 0.969 bits per heavy atom. The first-order valence-electron chi connectivity index (χ1n) is 11.0. The monoisotopic (exact) mass is 522 g/mol. The molecule has 1 heterocycles. The lowest BCUT2D eigenvalue weighted by atomic mass is 10.2. The molecule has 0 radical (unpaired) electrons. The summed E-state index contributed by atoms with van der Waals surface area (Å²) in [6.45, 7) is 8.36. The van der Waals surface area contributed by atoms with E-state index in [-0.39, 0.29) is 12.5 Å². The molecular weight excluding hydrogens is 492 g/mol. The minimum Gasteiger partial charge on any atom is -0.372 e. The van der Waals surface area contributed by atoms with Gasteiger partial charge in [0.25, 0.3) is 0 Å². The lowest BCUT2D eigenvalue weighted by Crippen LogP contribution is -2.38. The molecule has 1 aliphatic rings. The van der Waals surface area contributed by atoms with E-state index in [0.29, 0.717) is 37.5 Å². The van der Waals surface area contributed by atoms with Gasteiger partial charge < -0.3 is 10.2 Å². The number of hydrogen-bond donors (Lipinski definition) is 1. The van der Waals surface area contributed by atoms with Crippen LogP contribution in [0.3, 0.4) is 0 Å². The molecule has 0 saturated carbocycles. The SMILES string of the molecule is CCN(CC)c1ccc(NC(=O)CN2CCCN(S(=O)(=O)c3ccc(Br)cc3)CC2)cc1. The Labute approximate surface area is 199 Å². The summed E-state index contributed by atoms with van der Waals surface area (Å²) in [4.78, 5) is 17.1. The molecule has 0 unspecified atom stereocenters. The third-order valence-corrected chi connectivity index (χ3v) is 8.09. The van der Waals surface area contributed by atoms with Crippen molar-refractivity contribution >= 4 is 43.2 Å². The van der Waals surface area contributed by atoms with Crippen LogP contribution in [0.1, 0.15) is 20.3 Å². The van der Waals surface area contributed by atoms with Crippen molar-refractivity contribution in [2.75, 3.05) is 56.0 Å². The van der Waals surface area contributed by atoms with Crippen molar-refractivity contribution in [1.29, 1.82) is 0 Å². The van der Waals surface area contributed by atoms with Crippen molar-refractivity contribution in [3.8, 4) is 0 Å². The summed E-state index contributed by atoms with van der Waals surface area (Å²) in [5, 5.41) is 2.95. The maximum atomic E-state index is 12.9. The lowest BCUT2D eigenvalue weighted by Gasteiger charge is -2.22. The number of hydrogen-bond acceptors (Lipinski definition) is 5. The zero-order valence-corrected chi connectivity index (χ0v) is 21.0. The van der Waals surface area contributed by atoms with E-state index in [9.17, 15) is 13.2 Å². The van der Waals surface area contributed by atoms with Crippen molar-refractivity contribution < 1.29 is 13.2 Å². The van der Waals surface area contributed by atoms with Gasteiger partial charge in [-0.3, -0.25) is 9.69 Å². The average molecular weight is 523 g/mol. The van der Waals surface area contributed by atoms with Gasteiger partial charge in [-0.15, -0.1) is 0 Å². The average Bonchev–Trinajstić information content (AvgIpc) is 3.02. The topological polar surface area (TPSA) is 73.0 Å². The summed E-state index contributed by atoms with van der Waals surface area (Å²) >= 11 is 3.34. The van der Waals surface area contributed by atoms with Crippen LogP contribution in [0.15, 0.2) is 57.9 Å². The van der Waals surface area contributed by atoms with Gasteiger partial charge in [-0.25, -0.2) is 8.42 Å². The molecule has 2 aromatic carbocycles. The summed E-state index contributed by atoms with van der Waals surface area (Å²) in [6.07, 6.45) is 0.682. The largest absolute Gasteiger partial charge is 0.372 e. The molecule has 32 heavy (non-hydrogen) atoms. The van der Waals surface area contributed by atoms with Gasteiger partial charge in [-0.05, 0) is 75.3 Å². The van der Waals surface area contributed by atoms with Gasteiger partial charge in [0.05, 0.1) is 11.4 Å². The van der Waals surface area contributed by atoms with Gasteiger partial charge in [0, 0.05) is 48.6 Å². The Morgan fingerprint density at radius 2 is 1.62 bits per heavy atom. The minimum absolute atomic E-state index is 0.0928. The van der Waals surface area contributed by atoms with Crippen molar-refractivity contribution in [2.24, 2.45) is 0 Å². The fourth-order valence-corrected chi connectivity index (χ4v) is 5.58. The third kappa shape index (κ3) is 6.31. The van der Waals surface area contributed by atoms with E-state index in [2.05, 4.69) is 40.0 Å². The number of carbonyl (C=O) groups excluding carboxylic acids is 1. The highest BCUT2D eigenvalue weighted by atomic mass is 79.9. The van der Waals surface area contributed by atoms with Gasteiger partial charge in [0.2, 0.25) is 15.9 Å². The molecule has 1 saturated heterocycles. The first kappa shape index (κ1) is 24.7. The van der Waals surface area contributed by atoms with Crippen LogP contribution in [-0.4, -0.2) is 69.3 Å². The Kier molecular flexibility index (Phi) is 8.70. The molecule has 1 N–H and O–H groups in total. The maximum absolute atomic E-state index is 12.9. The number of sulfonamides is 1. The van der Waals surface area contributed by atoms with Gasteiger partial charge in [-0.1, -0.05) is 15.9 Å². The van der Waals surface area contributed by atoms with E-state index in [1.165, 1.54) is 4.31 Å². The number of carbonyl (C=O) groups is 1. The first-order chi connectivity index (χ1) is 15.3. The van der Waals surface area contributed by atoms with Gasteiger partial charge in [0.15, 0.2) is 0 Å². The fourth-order valence-electron chi connectivity index (χ4n) is 3.85. The highest BCUT2D eigenvalue weighted by molar-refractivity contribution is 9.10. The molecule has 0 bridgehead atoms. The number of anilines is 2. The molecule has 3 rings (SSSR count). The first-order valence-corrected chi connectivity index (χ1v) is 13.2. The Morgan fingerprint density at radius 3 is 2.25 bits per heavy atom. The van der Waals surface area contributed by atoms with E-state index >= 15 is 0 Å². The van der Waals surface area contributed by atoms with E-state index in [1.54, 1.807) is 24.3 Å². The van der Waals surface area contributed by atoms with Crippen molar-refractivity contribution in [3.63, 3.8) is 0 Å². The van der Waals surface area contributed by atoms with Gasteiger partial charge >= 0.3 is 0 Å². The predicted octanol–water partition coefficient (Wildman–Crippen LogP) is 3.63. The summed E-state index contributed by atoms with van der Waals surface area (Å²) in [5.41, 5.74) is 1.90. The summed E-state index contributed by atoms with van der Waals surface area (Å²) in [7, 11) is -3.54. The highest BCUT2D eigenvalue weighted by Gasteiger charge is 2.27. The molecule has 1 fully saturated rings. The maximum Gasteiger partial charge on any atom is 0.243 e. The van der Waals surface area contributed by atoms with Gasteiger partial charge in [-0.2, -0.15) is 4.31 Å². The smallest absolute Gasteiger partial charge is 0.243 e. The quantitative estimate of drug-likeness (QED) is 0.572. The van der Waals surface area contributed by atoms with Gasteiger partial charge in [0.1, 0.15) is 0 Å². The molecule has 0 spiro atoms. The normalized spacial score (nSPS) is 15.8. The molecule has 0 atom stereocenters. The zero-order chi connectivity index (χ0) is 23.1. The van der Waals surface area contributed by atoms with Crippen molar-refractivity contribution in [1.82, 2.24) is 9.21 Å². The summed E-state index contributed by atoms with van der Waals surface area (Å²) < 4.78 is 28.3. The van der Waals surface area contributed by atoms with Crippen LogP contribution in [0.2, 0.25) is 0 Å². The van der Waals surface area contributed by atoms with Crippen LogP contribution in [0.5, 0.6) is 0 Å². The Balaban J connectivity index is 1.54. The molecule has 2 aromatic rings. The molecular formula is C23H31BrN4O3S. The van der Waals surface area contributed by atoms with Crippen molar-refractivity contribution in [2.45, 2.75) is 25.2 Å². The number of amides is 1. The number of nitrogens with zero attached hydrogens (tertiary/aromatic N) is 3. The molecule has 0 aliphatic carbocycles. The number of rotatable bonds is 8. The van der Waals surface area contributed by atoms with E-state index in [0.717, 1.165) is 28.9 Å². The predicted molar refractivity (Wildman–Crippen MR) is 133 cm³/mol. The van der Waals surface area contributed by atoms with Crippen molar-refractivity contribution in [3.05, 3.63) is 53.0 Å². The fraction of sp³-hybridized carbons (Fsp3) is 0.435. The summed E-state index contributed by atoms with van der Waals surface area (Å²) in [6, 6.07) is 14.5. The van der Waals surface area contributed by atoms with Crippen LogP contribution in [0, 0.1) is 0 Å². The van der Waals surface area contributed by atoms with Crippen LogP contribution >= 0.6 is 15.9 Å². The Bertz CT molecular complexity index is 993. The number of benzene rings is 2. The zero-order valence-electron chi connectivity index (χ0n) is 18.6. The summed E-state index contributed by atoms with van der Waals surface area (Å²) in [5.74, 6) is -0.0928. The third-order valence-electron chi connectivity index (χ3n) is 5.65. The van der Waals surface area contributed by atoms with E-state index in [4.69, 9.17) is 0 Å². The van der Waals surface area contributed by atoms with Crippen LogP contribution in [0.25, 0.3) is 0 Å². The van der Waals surface area contributed by atoms with Crippen LogP contribution < -0.4 is 10.2 Å². The van der Waals surface area contributed by atoms with Crippen LogP contribution in [-0.2, 0) is 14.8 Å². The standard InChI is InChI=1S/C23H31BrN4O3S/c1-3-27(4-2)21-10-8-20(9-11-21)25-23(29)18-26-14-5-15-28(17-16-26)32(30,31)22-12-6-19(24)7-13-22/h6-13H,3-5,14-18H2,1-2H3,(H,25,29).